The standard InChI is InChI=1S/C18H27ClFN/c1-3-5-6-7-8-10-15(21-13-4-2)14-16-17(19)11-9-12-18(16)20/h3,9,11-12,15,21H,1,4-8,10,13-14H2,2H3. The lowest BCUT2D eigenvalue weighted by atomic mass is 9.99. The molecular weight excluding hydrogens is 285 g/mol. The number of hydrogen-bond donors (Lipinski definition) is 1. The fourth-order valence-electron chi connectivity index (χ4n) is 2.45. The Morgan fingerprint density at radius 1 is 1.33 bits per heavy atom. The minimum Gasteiger partial charge on any atom is -0.314 e. The summed E-state index contributed by atoms with van der Waals surface area (Å²) in [6, 6.07) is 5.21. The first-order valence-corrected chi connectivity index (χ1v) is 8.34. The number of rotatable bonds is 11. The molecule has 0 bridgehead atoms. The molecule has 0 spiro atoms. The van der Waals surface area contributed by atoms with Crippen molar-refractivity contribution in [1.29, 1.82) is 0 Å². The highest BCUT2D eigenvalue weighted by molar-refractivity contribution is 6.31. The summed E-state index contributed by atoms with van der Waals surface area (Å²) in [5.74, 6) is -0.197. The Kier molecular flexibility index (Phi) is 9.36. The van der Waals surface area contributed by atoms with Gasteiger partial charge in [0.1, 0.15) is 5.82 Å². The second kappa shape index (κ2) is 10.8. The van der Waals surface area contributed by atoms with Crippen molar-refractivity contribution in [1.82, 2.24) is 5.32 Å². The maximum absolute atomic E-state index is 13.9. The summed E-state index contributed by atoms with van der Waals surface area (Å²) in [4.78, 5) is 0. The lowest BCUT2D eigenvalue weighted by Gasteiger charge is -2.19. The zero-order valence-electron chi connectivity index (χ0n) is 13.0. The van der Waals surface area contributed by atoms with Crippen LogP contribution in [0.3, 0.4) is 0 Å². The van der Waals surface area contributed by atoms with E-state index in [9.17, 15) is 4.39 Å². The van der Waals surface area contributed by atoms with E-state index < -0.39 is 0 Å². The molecule has 0 heterocycles. The molecule has 1 N–H and O–H groups in total. The summed E-state index contributed by atoms with van der Waals surface area (Å²) < 4.78 is 13.9. The number of benzene rings is 1. The van der Waals surface area contributed by atoms with Crippen LogP contribution < -0.4 is 5.32 Å². The van der Waals surface area contributed by atoms with Crippen LogP contribution >= 0.6 is 11.6 Å². The van der Waals surface area contributed by atoms with Crippen LogP contribution in [0.25, 0.3) is 0 Å². The van der Waals surface area contributed by atoms with E-state index in [0.717, 1.165) is 32.2 Å². The average Bonchev–Trinajstić information content (AvgIpc) is 2.47. The molecule has 0 radical (unpaired) electrons. The molecule has 1 unspecified atom stereocenters. The Balaban J connectivity index is 2.54. The SMILES string of the molecule is C=CCCCCCC(Cc1c(F)cccc1Cl)NCCC. The van der Waals surface area contributed by atoms with Gasteiger partial charge in [-0.2, -0.15) is 0 Å². The van der Waals surface area contributed by atoms with E-state index in [-0.39, 0.29) is 5.82 Å². The van der Waals surface area contributed by atoms with E-state index in [4.69, 9.17) is 11.6 Å². The summed E-state index contributed by atoms with van der Waals surface area (Å²) in [5, 5.41) is 4.05. The summed E-state index contributed by atoms with van der Waals surface area (Å²) in [6.45, 7) is 6.85. The molecule has 21 heavy (non-hydrogen) atoms. The van der Waals surface area contributed by atoms with Crippen molar-refractivity contribution in [3.05, 3.63) is 47.3 Å². The van der Waals surface area contributed by atoms with Gasteiger partial charge in [0, 0.05) is 16.6 Å². The van der Waals surface area contributed by atoms with Gasteiger partial charge in [-0.25, -0.2) is 4.39 Å². The van der Waals surface area contributed by atoms with Gasteiger partial charge in [0.15, 0.2) is 0 Å². The Bertz CT molecular complexity index is 399. The van der Waals surface area contributed by atoms with Crippen molar-refractivity contribution in [3.63, 3.8) is 0 Å². The van der Waals surface area contributed by atoms with Crippen LogP contribution in [0.15, 0.2) is 30.9 Å². The topological polar surface area (TPSA) is 12.0 Å². The van der Waals surface area contributed by atoms with E-state index in [1.165, 1.54) is 18.9 Å². The van der Waals surface area contributed by atoms with Gasteiger partial charge in [0.25, 0.3) is 0 Å². The van der Waals surface area contributed by atoms with E-state index in [0.29, 0.717) is 23.0 Å². The van der Waals surface area contributed by atoms with Crippen LogP contribution in [0.2, 0.25) is 5.02 Å². The first-order chi connectivity index (χ1) is 10.2. The smallest absolute Gasteiger partial charge is 0.127 e. The highest BCUT2D eigenvalue weighted by atomic mass is 35.5. The van der Waals surface area contributed by atoms with Crippen LogP contribution in [0.5, 0.6) is 0 Å². The molecule has 3 heteroatoms. The van der Waals surface area contributed by atoms with Crippen molar-refractivity contribution in [2.75, 3.05) is 6.54 Å². The molecule has 0 saturated heterocycles. The third-order valence-electron chi connectivity index (χ3n) is 3.66. The molecule has 0 aliphatic rings. The number of allylic oxidation sites excluding steroid dienone is 1. The molecule has 0 aromatic heterocycles. The molecule has 1 aromatic carbocycles. The van der Waals surface area contributed by atoms with Crippen molar-refractivity contribution in [2.45, 2.75) is 57.9 Å². The maximum Gasteiger partial charge on any atom is 0.127 e. The Labute approximate surface area is 133 Å². The Morgan fingerprint density at radius 2 is 2.14 bits per heavy atom. The highest BCUT2D eigenvalue weighted by Gasteiger charge is 2.14. The molecule has 0 aliphatic heterocycles. The quantitative estimate of drug-likeness (QED) is 0.419. The van der Waals surface area contributed by atoms with Gasteiger partial charge in [-0.05, 0) is 50.8 Å². The second-order valence-electron chi connectivity index (χ2n) is 5.48. The van der Waals surface area contributed by atoms with Gasteiger partial charge in [-0.1, -0.05) is 43.5 Å². The third kappa shape index (κ3) is 7.10. The highest BCUT2D eigenvalue weighted by Crippen LogP contribution is 2.22. The van der Waals surface area contributed by atoms with Crippen LogP contribution in [0.1, 0.15) is 51.0 Å². The number of halogens is 2. The molecule has 1 nitrogen and oxygen atoms in total. The fourth-order valence-corrected chi connectivity index (χ4v) is 2.69. The van der Waals surface area contributed by atoms with Crippen molar-refractivity contribution < 1.29 is 4.39 Å². The van der Waals surface area contributed by atoms with E-state index in [2.05, 4.69) is 18.8 Å². The average molecular weight is 312 g/mol. The van der Waals surface area contributed by atoms with Gasteiger partial charge in [0.2, 0.25) is 0 Å². The van der Waals surface area contributed by atoms with Crippen LogP contribution in [-0.4, -0.2) is 12.6 Å². The summed E-state index contributed by atoms with van der Waals surface area (Å²) in [5.41, 5.74) is 0.638. The van der Waals surface area contributed by atoms with Gasteiger partial charge >= 0.3 is 0 Å². The van der Waals surface area contributed by atoms with Crippen LogP contribution in [0, 0.1) is 5.82 Å². The van der Waals surface area contributed by atoms with Crippen molar-refractivity contribution >= 4 is 11.6 Å². The van der Waals surface area contributed by atoms with Gasteiger partial charge in [-0.3, -0.25) is 0 Å². The largest absolute Gasteiger partial charge is 0.314 e. The maximum atomic E-state index is 13.9. The van der Waals surface area contributed by atoms with Gasteiger partial charge < -0.3 is 5.32 Å². The molecule has 1 atom stereocenters. The molecule has 0 saturated carbocycles. The Hall–Kier alpha value is -0.860. The fraction of sp³-hybridized carbons (Fsp3) is 0.556. The van der Waals surface area contributed by atoms with Crippen molar-refractivity contribution in [3.8, 4) is 0 Å². The third-order valence-corrected chi connectivity index (χ3v) is 4.01. The summed E-state index contributed by atoms with van der Waals surface area (Å²) >= 11 is 6.13. The Morgan fingerprint density at radius 3 is 2.81 bits per heavy atom. The van der Waals surface area contributed by atoms with E-state index in [1.807, 2.05) is 6.08 Å². The first-order valence-electron chi connectivity index (χ1n) is 7.96. The normalized spacial score (nSPS) is 12.3. The van der Waals surface area contributed by atoms with Crippen molar-refractivity contribution in [2.24, 2.45) is 0 Å². The van der Waals surface area contributed by atoms with Gasteiger partial charge in [0.05, 0.1) is 0 Å². The molecular formula is C18H27ClFN. The van der Waals surface area contributed by atoms with Gasteiger partial charge in [-0.15, -0.1) is 6.58 Å². The molecule has 1 aromatic rings. The molecule has 118 valence electrons. The predicted molar refractivity (Wildman–Crippen MR) is 90.5 cm³/mol. The molecule has 0 aliphatic carbocycles. The minimum atomic E-state index is -0.197. The molecule has 0 amide bonds. The zero-order valence-corrected chi connectivity index (χ0v) is 13.8. The van der Waals surface area contributed by atoms with E-state index in [1.54, 1.807) is 12.1 Å². The predicted octanol–water partition coefficient (Wildman–Crippen LogP) is 5.53. The van der Waals surface area contributed by atoms with Crippen LogP contribution in [-0.2, 0) is 6.42 Å². The minimum absolute atomic E-state index is 0.197. The second-order valence-corrected chi connectivity index (χ2v) is 5.89. The lowest BCUT2D eigenvalue weighted by molar-refractivity contribution is 0.447. The summed E-state index contributed by atoms with van der Waals surface area (Å²) in [6.07, 6.45) is 9.37. The first kappa shape index (κ1) is 18.2. The number of unbranched alkanes of at least 4 members (excludes halogenated alkanes) is 3. The van der Waals surface area contributed by atoms with Crippen LogP contribution in [0.4, 0.5) is 4.39 Å². The van der Waals surface area contributed by atoms with E-state index >= 15 is 0 Å². The molecule has 1 rings (SSSR count). The monoisotopic (exact) mass is 311 g/mol. The lowest BCUT2D eigenvalue weighted by Crippen LogP contribution is -2.32. The zero-order chi connectivity index (χ0) is 15.5. The number of hydrogen-bond acceptors (Lipinski definition) is 1. The number of nitrogens with one attached hydrogen (secondary N) is 1. The molecule has 0 fully saturated rings. The summed E-state index contributed by atoms with van der Waals surface area (Å²) in [7, 11) is 0.